The van der Waals surface area contributed by atoms with Crippen LogP contribution in [0.4, 0.5) is 5.69 Å². The number of nitriles is 1. The maximum atomic E-state index is 11.0. The van der Waals surface area contributed by atoms with Crippen molar-refractivity contribution in [3.8, 4) is 6.07 Å². The van der Waals surface area contributed by atoms with Crippen molar-refractivity contribution in [3.05, 3.63) is 64.7 Å². The number of carbonyl (C=O) groups is 1. The van der Waals surface area contributed by atoms with Gasteiger partial charge in [0, 0.05) is 12.2 Å². The van der Waals surface area contributed by atoms with E-state index in [9.17, 15) is 4.79 Å². The number of hydrogen-bond acceptors (Lipinski definition) is 3. The van der Waals surface area contributed by atoms with Crippen molar-refractivity contribution in [2.24, 2.45) is 0 Å². The lowest BCUT2D eigenvalue weighted by atomic mass is 10.1. The summed E-state index contributed by atoms with van der Waals surface area (Å²) >= 11 is 0. The van der Waals surface area contributed by atoms with E-state index in [-0.39, 0.29) is 5.56 Å². The van der Waals surface area contributed by atoms with Crippen LogP contribution in [0, 0.1) is 18.3 Å². The Kier molecular flexibility index (Phi) is 4.02. The second-order valence-corrected chi connectivity index (χ2v) is 4.50. The molecule has 2 rings (SSSR count). The monoisotopic (exact) mass is 266 g/mol. The maximum Gasteiger partial charge on any atom is 0.335 e. The third kappa shape index (κ3) is 3.15. The van der Waals surface area contributed by atoms with E-state index in [4.69, 9.17) is 10.4 Å². The second-order valence-electron chi connectivity index (χ2n) is 4.50. The molecule has 0 aliphatic carbocycles. The van der Waals surface area contributed by atoms with Crippen molar-refractivity contribution in [2.75, 3.05) is 5.32 Å². The minimum atomic E-state index is -0.945. The lowest BCUT2D eigenvalue weighted by Crippen LogP contribution is -2.04. The average Bonchev–Trinajstić information content (AvgIpc) is 2.46. The van der Waals surface area contributed by atoms with Gasteiger partial charge in [0.05, 0.1) is 17.2 Å². The Morgan fingerprint density at radius 3 is 2.80 bits per heavy atom. The Balaban J connectivity index is 2.16. The SMILES string of the molecule is Cc1ccc(C(=O)O)cc1NCc1cccc(C#N)c1. The van der Waals surface area contributed by atoms with Crippen LogP contribution >= 0.6 is 0 Å². The van der Waals surface area contributed by atoms with Gasteiger partial charge in [0.15, 0.2) is 0 Å². The summed E-state index contributed by atoms with van der Waals surface area (Å²) < 4.78 is 0. The average molecular weight is 266 g/mol. The number of nitrogens with zero attached hydrogens (tertiary/aromatic N) is 1. The highest BCUT2D eigenvalue weighted by atomic mass is 16.4. The van der Waals surface area contributed by atoms with Gasteiger partial charge in [0.25, 0.3) is 0 Å². The normalized spacial score (nSPS) is 9.80. The molecule has 0 amide bonds. The largest absolute Gasteiger partial charge is 0.478 e. The number of benzene rings is 2. The highest BCUT2D eigenvalue weighted by Gasteiger charge is 2.06. The van der Waals surface area contributed by atoms with Gasteiger partial charge in [-0.05, 0) is 42.3 Å². The van der Waals surface area contributed by atoms with E-state index in [1.165, 1.54) is 0 Å². The summed E-state index contributed by atoms with van der Waals surface area (Å²) in [5.74, 6) is -0.945. The van der Waals surface area contributed by atoms with Crippen LogP contribution in [-0.2, 0) is 6.54 Å². The van der Waals surface area contributed by atoms with E-state index in [1.807, 2.05) is 25.1 Å². The number of aryl methyl sites for hydroxylation is 1. The van der Waals surface area contributed by atoms with Crippen LogP contribution in [0.15, 0.2) is 42.5 Å². The molecule has 2 N–H and O–H groups in total. The molecule has 0 radical (unpaired) electrons. The van der Waals surface area contributed by atoms with Crippen LogP contribution in [0.2, 0.25) is 0 Å². The van der Waals surface area contributed by atoms with Gasteiger partial charge >= 0.3 is 5.97 Å². The van der Waals surface area contributed by atoms with Gasteiger partial charge in [-0.3, -0.25) is 0 Å². The molecule has 4 nitrogen and oxygen atoms in total. The molecule has 2 aromatic carbocycles. The zero-order valence-corrected chi connectivity index (χ0v) is 11.1. The predicted molar refractivity (Wildman–Crippen MR) is 76.6 cm³/mol. The summed E-state index contributed by atoms with van der Waals surface area (Å²) in [6.07, 6.45) is 0. The molecule has 0 saturated carbocycles. The molecule has 0 atom stereocenters. The van der Waals surface area contributed by atoms with Gasteiger partial charge in [-0.25, -0.2) is 4.79 Å². The summed E-state index contributed by atoms with van der Waals surface area (Å²) in [7, 11) is 0. The molecule has 0 unspecified atom stereocenters. The fourth-order valence-electron chi connectivity index (χ4n) is 1.89. The fraction of sp³-hybridized carbons (Fsp3) is 0.125. The number of carboxylic acids is 1. The summed E-state index contributed by atoms with van der Waals surface area (Å²) in [6.45, 7) is 2.46. The molecular formula is C16H14N2O2. The van der Waals surface area contributed by atoms with Crippen molar-refractivity contribution < 1.29 is 9.90 Å². The number of hydrogen-bond donors (Lipinski definition) is 2. The van der Waals surface area contributed by atoms with Gasteiger partial charge in [-0.15, -0.1) is 0 Å². The molecule has 0 saturated heterocycles. The van der Waals surface area contributed by atoms with E-state index in [0.29, 0.717) is 12.1 Å². The van der Waals surface area contributed by atoms with Gasteiger partial charge < -0.3 is 10.4 Å². The third-order valence-electron chi connectivity index (χ3n) is 3.02. The summed E-state index contributed by atoms with van der Waals surface area (Å²) in [4.78, 5) is 11.0. The number of anilines is 1. The molecular weight excluding hydrogens is 252 g/mol. The summed E-state index contributed by atoms with van der Waals surface area (Å²) in [6, 6.07) is 14.4. The van der Waals surface area contributed by atoms with Crippen molar-refractivity contribution in [3.63, 3.8) is 0 Å². The van der Waals surface area contributed by atoms with Crippen molar-refractivity contribution in [1.29, 1.82) is 5.26 Å². The van der Waals surface area contributed by atoms with E-state index in [2.05, 4.69) is 11.4 Å². The van der Waals surface area contributed by atoms with Crippen LogP contribution < -0.4 is 5.32 Å². The fourth-order valence-corrected chi connectivity index (χ4v) is 1.89. The van der Waals surface area contributed by atoms with Crippen LogP contribution in [-0.4, -0.2) is 11.1 Å². The molecule has 0 aliphatic rings. The number of carboxylic acid groups (broad SMARTS) is 1. The van der Waals surface area contributed by atoms with Gasteiger partial charge in [0.2, 0.25) is 0 Å². The molecule has 0 spiro atoms. The first-order valence-electron chi connectivity index (χ1n) is 6.17. The smallest absolute Gasteiger partial charge is 0.335 e. The molecule has 0 bridgehead atoms. The van der Waals surface area contributed by atoms with Crippen LogP contribution in [0.1, 0.15) is 27.0 Å². The topological polar surface area (TPSA) is 73.1 Å². The molecule has 0 fully saturated rings. The first kappa shape index (κ1) is 13.6. The van der Waals surface area contributed by atoms with E-state index in [0.717, 1.165) is 16.8 Å². The first-order valence-corrected chi connectivity index (χ1v) is 6.17. The van der Waals surface area contributed by atoms with Gasteiger partial charge in [0.1, 0.15) is 0 Å². The quantitative estimate of drug-likeness (QED) is 0.891. The Morgan fingerprint density at radius 2 is 2.10 bits per heavy atom. The lowest BCUT2D eigenvalue weighted by Gasteiger charge is -2.10. The predicted octanol–water partition coefficient (Wildman–Crippen LogP) is 3.18. The molecule has 4 heteroatoms. The Labute approximate surface area is 117 Å². The zero-order chi connectivity index (χ0) is 14.5. The molecule has 2 aromatic rings. The molecule has 20 heavy (non-hydrogen) atoms. The Bertz CT molecular complexity index is 687. The maximum absolute atomic E-state index is 11.0. The van der Waals surface area contributed by atoms with Crippen molar-refractivity contribution in [2.45, 2.75) is 13.5 Å². The third-order valence-corrected chi connectivity index (χ3v) is 3.02. The number of aromatic carboxylic acids is 1. The molecule has 0 aliphatic heterocycles. The Morgan fingerprint density at radius 1 is 1.30 bits per heavy atom. The van der Waals surface area contributed by atoms with Crippen molar-refractivity contribution in [1.82, 2.24) is 0 Å². The lowest BCUT2D eigenvalue weighted by molar-refractivity contribution is 0.0697. The highest BCUT2D eigenvalue weighted by molar-refractivity contribution is 5.89. The van der Waals surface area contributed by atoms with Gasteiger partial charge in [-0.2, -0.15) is 5.26 Å². The van der Waals surface area contributed by atoms with Crippen LogP contribution in [0.25, 0.3) is 0 Å². The molecule has 0 aromatic heterocycles. The molecule has 0 heterocycles. The van der Waals surface area contributed by atoms with E-state index >= 15 is 0 Å². The molecule has 100 valence electrons. The number of rotatable bonds is 4. The number of nitrogens with one attached hydrogen (secondary N) is 1. The van der Waals surface area contributed by atoms with Gasteiger partial charge in [-0.1, -0.05) is 18.2 Å². The van der Waals surface area contributed by atoms with E-state index < -0.39 is 5.97 Å². The van der Waals surface area contributed by atoms with E-state index in [1.54, 1.807) is 24.3 Å². The summed E-state index contributed by atoms with van der Waals surface area (Å²) in [5, 5.41) is 21.0. The Hall–Kier alpha value is -2.80. The standard InChI is InChI=1S/C16H14N2O2/c1-11-5-6-14(16(19)20)8-15(11)18-10-13-4-2-3-12(7-13)9-17/h2-8,18H,10H2,1H3,(H,19,20). The zero-order valence-electron chi connectivity index (χ0n) is 11.1. The minimum absolute atomic E-state index is 0.254. The summed E-state index contributed by atoms with van der Waals surface area (Å²) in [5.41, 5.74) is 3.60. The highest BCUT2D eigenvalue weighted by Crippen LogP contribution is 2.18. The van der Waals surface area contributed by atoms with Crippen LogP contribution in [0.3, 0.4) is 0 Å². The van der Waals surface area contributed by atoms with Crippen LogP contribution in [0.5, 0.6) is 0 Å². The van der Waals surface area contributed by atoms with Crippen molar-refractivity contribution >= 4 is 11.7 Å². The first-order chi connectivity index (χ1) is 9.60. The minimum Gasteiger partial charge on any atom is -0.478 e. The second kappa shape index (κ2) is 5.89.